The summed E-state index contributed by atoms with van der Waals surface area (Å²) in [7, 11) is 1.63. The number of likely N-dealkylation sites (N-methyl/N-ethyl adjacent to an activating group) is 1. The zero-order valence-corrected chi connectivity index (χ0v) is 22.0. The number of halogens is 1. The number of carbonyl (C=O) groups is 3. The molecule has 38 heavy (non-hydrogen) atoms. The van der Waals surface area contributed by atoms with Gasteiger partial charge in [0.25, 0.3) is 5.91 Å². The number of piperazine rings is 1. The van der Waals surface area contributed by atoms with E-state index >= 15 is 0 Å². The molecule has 0 radical (unpaired) electrons. The van der Waals surface area contributed by atoms with Crippen molar-refractivity contribution >= 4 is 29.5 Å². The molecule has 0 aromatic heterocycles. The number of carbonyl (C=O) groups excluding carboxylic acids is 3. The molecule has 3 aliphatic rings. The summed E-state index contributed by atoms with van der Waals surface area (Å²) in [6.07, 6.45) is 0. The van der Waals surface area contributed by atoms with Gasteiger partial charge >= 0.3 is 12.0 Å². The molecule has 0 aliphatic carbocycles. The maximum absolute atomic E-state index is 13.2. The Morgan fingerprint density at radius 3 is 2.55 bits per heavy atom. The normalized spacial score (nSPS) is 19.4. The Hall–Kier alpha value is -3.76. The molecule has 2 aromatic rings. The molecule has 0 saturated carbocycles. The van der Waals surface area contributed by atoms with E-state index < -0.39 is 12.0 Å². The van der Waals surface area contributed by atoms with Crippen molar-refractivity contribution in [3.05, 3.63) is 69.9 Å². The fraction of sp³-hybridized carbons (Fsp3) is 0.370. The summed E-state index contributed by atoms with van der Waals surface area (Å²) in [4.78, 5) is 44.6. The van der Waals surface area contributed by atoms with Gasteiger partial charge in [-0.2, -0.15) is 0 Å². The fourth-order valence-corrected chi connectivity index (χ4v) is 5.12. The second-order valence-electron chi connectivity index (χ2n) is 9.18. The molecule has 1 fully saturated rings. The standard InChI is InChI=1S/C27H29ClN4O6/c1-3-36-26(34)23-20(30(2)27(35)29-24(23)18-6-4-5-7-19(18)28)15-31-10-12-32(13-11-31)25(33)17-8-9-21-22(14-17)38-16-37-21/h4-9,14,24H,3,10-13,15-16H2,1-2H3,(H,29,35)/t24-/m1/s1. The minimum atomic E-state index is -0.740. The number of nitrogens with zero attached hydrogens (tertiary/aromatic N) is 3. The molecule has 0 unspecified atom stereocenters. The third kappa shape index (κ3) is 5.01. The van der Waals surface area contributed by atoms with Crippen LogP contribution in [0.2, 0.25) is 5.02 Å². The lowest BCUT2D eigenvalue weighted by atomic mass is 9.94. The van der Waals surface area contributed by atoms with Crippen LogP contribution in [0.15, 0.2) is 53.7 Å². The van der Waals surface area contributed by atoms with Gasteiger partial charge in [-0.1, -0.05) is 29.8 Å². The number of hydrogen-bond donors (Lipinski definition) is 1. The highest BCUT2D eigenvalue weighted by molar-refractivity contribution is 6.31. The van der Waals surface area contributed by atoms with E-state index in [4.69, 9.17) is 25.8 Å². The van der Waals surface area contributed by atoms with Gasteiger partial charge in [0.2, 0.25) is 6.79 Å². The van der Waals surface area contributed by atoms with Gasteiger partial charge in [-0.25, -0.2) is 9.59 Å². The number of rotatable bonds is 6. The van der Waals surface area contributed by atoms with E-state index in [2.05, 4.69) is 10.2 Å². The molecule has 3 aliphatic heterocycles. The zero-order chi connectivity index (χ0) is 26.8. The Morgan fingerprint density at radius 1 is 1.08 bits per heavy atom. The lowest BCUT2D eigenvalue weighted by Crippen LogP contribution is -2.53. The van der Waals surface area contributed by atoms with Crippen LogP contribution in [0.25, 0.3) is 0 Å². The van der Waals surface area contributed by atoms with Crippen LogP contribution in [0.5, 0.6) is 11.5 Å². The molecule has 5 rings (SSSR count). The number of benzene rings is 2. The lowest BCUT2D eigenvalue weighted by Gasteiger charge is -2.39. The minimum absolute atomic E-state index is 0.0812. The predicted octanol–water partition coefficient (Wildman–Crippen LogP) is 3.04. The van der Waals surface area contributed by atoms with Gasteiger partial charge in [-0.3, -0.25) is 14.6 Å². The van der Waals surface area contributed by atoms with E-state index in [1.54, 1.807) is 55.3 Å². The number of hydrogen-bond acceptors (Lipinski definition) is 7. The summed E-state index contributed by atoms with van der Waals surface area (Å²) in [5.74, 6) is 0.616. The first-order chi connectivity index (χ1) is 18.4. The van der Waals surface area contributed by atoms with Crippen molar-refractivity contribution in [1.82, 2.24) is 20.0 Å². The summed E-state index contributed by atoms with van der Waals surface area (Å²) in [6.45, 7) is 4.57. The van der Waals surface area contributed by atoms with Gasteiger partial charge in [-0.05, 0) is 36.8 Å². The Bertz CT molecular complexity index is 1290. The fourth-order valence-electron chi connectivity index (χ4n) is 4.87. The van der Waals surface area contributed by atoms with Crippen LogP contribution >= 0.6 is 11.6 Å². The Morgan fingerprint density at radius 2 is 1.82 bits per heavy atom. The van der Waals surface area contributed by atoms with Gasteiger partial charge in [0.15, 0.2) is 11.5 Å². The number of amides is 3. The quantitative estimate of drug-likeness (QED) is 0.562. The van der Waals surface area contributed by atoms with Crippen LogP contribution in [0.1, 0.15) is 28.9 Å². The van der Waals surface area contributed by atoms with Crippen molar-refractivity contribution in [2.24, 2.45) is 0 Å². The molecule has 0 spiro atoms. The van der Waals surface area contributed by atoms with E-state index in [-0.39, 0.29) is 25.3 Å². The Balaban J connectivity index is 1.35. The van der Waals surface area contributed by atoms with Gasteiger partial charge in [0.05, 0.1) is 18.2 Å². The highest BCUT2D eigenvalue weighted by atomic mass is 35.5. The van der Waals surface area contributed by atoms with Crippen LogP contribution in [-0.2, 0) is 9.53 Å². The van der Waals surface area contributed by atoms with E-state index in [1.165, 1.54) is 4.90 Å². The van der Waals surface area contributed by atoms with Crippen molar-refractivity contribution in [3.63, 3.8) is 0 Å². The summed E-state index contributed by atoms with van der Waals surface area (Å²) in [5, 5.41) is 3.33. The second kappa shape index (κ2) is 10.9. The minimum Gasteiger partial charge on any atom is -0.463 e. The Labute approximate surface area is 225 Å². The topological polar surface area (TPSA) is 101 Å². The summed E-state index contributed by atoms with van der Waals surface area (Å²) in [6, 6.07) is 11.2. The molecule has 2 aromatic carbocycles. The van der Waals surface area contributed by atoms with Crippen LogP contribution in [0.3, 0.4) is 0 Å². The molecule has 1 saturated heterocycles. The predicted molar refractivity (Wildman–Crippen MR) is 139 cm³/mol. The van der Waals surface area contributed by atoms with Crippen molar-refractivity contribution in [2.75, 3.05) is 53.2 Å². The molecule has 3 amide bonds. The van der Waals surface area contributed by atoms with Crippen LogP contribution in [0.4, 0.5) is 4.79 Å². The van der Waals surface area contributed by atoms with Crippen LogP contribution in [-0.4, -0.2) is 85.8 Å². The van der Waals surface area contributed by atoms with Gasteiger partial charge < -0.3 is 24.4 Å². The van der Waals surface area contributed by atoms with E-state index in [9.17, 15) is 14.4 Å². The molecular weight excluding hydrogens is 512 g/mol. The van der Waals surface area contributed by atoms with Crippen molar-refractivity contribution in [3.8, 4) is 11.5 Å². The van der Waals surface area contributed by atoms with E-state index in [1.807, 2.05) is 6.07 Å². The van der Waals surface area contributed by atoms with Gasteiger partial charge in [-0.15, -0.1) is 0 Å². The third-order valence-electron chi connectivity index (χ3n) is 6.94. The van der Waals surface area contributed by atoms with E-state index in [0.29, 0.717) is 71.6 Å². The smallest absolute Gasteiger partial charge is 0.338 e. The number of ether oxygens (including phenoxy) is 3. The molecule has 11 heteroatoms. The average Bonchev–Trinajstić information content (AvgIpc) is 3.40. The van der Waals surface area contributed by atoms with Crippen LogP contribution < -0.4 is 14.8 Å². The molecule has 200 valence electrons. The largest absolute Gasteiger partial charge is 0.463 e. The lowest BCUT2D eigenvalue weighted by molar-refractivity contribution is -0.139. The van der Waals surface area contributed by atoms with Crippen molar-refractivity contribution in [2.45, 2.75) is 13.0 Å². The molecule has 1 atom stereocenters. The molecular formula is C27H29ClN4O6. The van der Waals surface area contributed by atoms with Gasteiger partial charge in [0, 0.05) is 56.1 Å². The average molecular weight is 541 g/mol. The maximum Gasteiger partial charge on any atom is 0.338 e. The van der Waals surface area contributed by atoms with Crippen molar-refractivity contribution < 1.29 is 28.6 Å². The second-order valence-corrected chi connectivity index (χ2v) is 9.59. The Kier molecular flexibility index (Phi) is 7.44. The highest BCUT2D eigenvalue weighted by Crippen LogP contribution is 2.35. The zero-order valence-electron chi connectivity index (χ0n) is 21.2. The number of esters is 1. The first kappa shape index (κ1) is 25.9. The SMILES string of the molecule is CCOC(=O)C1=C(CN2CCN(C(=O)c3ccc4c(c3)OCO4)CC2)N(C)C(=O)N[C@@H]1c1ccccc1Cl. The molecule has 10 nitrogen and oxygen atoms in total. The molecule has 1 N–H and O–H groups in total. The first-order valence-corrected chi connectivity index (χ1v) is 12.8. The summed E-state index contributed by atoms with van der Waals surface area (Å²) < 4.78 is 16.1. The number of nitrogens with one attached hydrogen (secondary N) is 1. The van der Waals surface area contributed by atoms with E-state index in [0.717, 1.165) is 0 Å². The van der Waals surface area contributed by atoms with Gasteiger partial charge in [0.1, 0.15) is 0 Å². The highest BCUT2D eigenvalue weighted by Gasteiger charge is 2.38. The monoisotopic (exact) mass is 540 g/mol. The summed E-state index contributed by atoms with van der Waals surface area (Å²) >= 11 is 6.45. The van der Waals surface area contributed by atoms with Crippen molar-refractivity contribution in [1.29, 1.82) is 0 Å². The molecule has 3 heterocycles. The first-order valence-electron chi connectivity index (χ1n) is 12.5. The third-order valence-corrected chi connectivity index (χ3v) is 7.29. The molecule has 0 bridgehead atoms. The maximum atomic E-state index is 13.2. The number of urea groups is 1. The summed E-state index contributed by atoms with van der Waals surface area (Å²) in [5.41, 5.74) is 2.06. The van der Waals surface area contributed by atoms with Crippen LogP contribution in [0, 0.1) is 0 Å². The number of fused-ring (bicyclic) bond motifs is 1.